The van der Waals surface area contributed by atoms with Crippen LogP contribution in [0.3, 0.4) is 0 Å². The van der Waals surface area contributed by atoms with E-state index in [1.165, 1.54) is 23.1 Å². The maximum absolute atomic E-state index is 13.7. The highest BCUT2D eigenvalue weighted by Crippen LogP contribution is 2.27. The number of amides is 2. The second kappa shape index (κ2) is 12.8. The van der Waals surface area contributed by atoms with Gasteiger partial charge in [-0.25, -0.2) is 8.42 Å². The molecule has 3 rings (SSSR count). The summed E-state index contributed by atoms with van der Waals surface area (Å²) >= 11 is 12.2. The summed E-state index contributed by atoms with van der Waals surface area (Å²) in [5, 5.41) is 3.60. The molecule has 36 heavy (non-hydrogen) atoms. The van der Waals surface area contributed by atoms with Crippen LogP contribution in [0.5, 0.6) is 0 Å². The maximum atomic E-state index is 13.7. The van der Waals surface area contributed by atoms with E-state index >= 15 is 0 Å². The van der Waals surface area contributed by atoms with Crippen molar-refractivity contribution in [3.63, 3.8) is 0 Å². The first-order valence-corrected chi connectivity index (χ1v) is 14.8. The molecule has 1 aliphatic carbocycles. The number of hydrogen-bond donors (Lipinski definition) is 1. The molecule has 2 aromatic rings. The maximum Gasteiger partial charge on any atom is 0.244 e. The van der Waals surface area contributed by atoms with Crippen LogP contribution < -0.4 is 9.62 Å². The van der Waals surface area contributed by atoms with E-state index in [0.717, 1.165) is 41.8 Å². The van der Waals surface area contributed by atoms with Gasteiger partial charge < -0.3 is 10.2 Å². The Morgan fingerprint density at radius 2 is 1.67 bits per heavy atom. The van der Waals surface area contributed by atoms with Crippen molar-refractivity contribution < 1.29 is 18.0 Å². The minimum atomic E-state index is -3.85. The molecule has 0 spiro atoms. The predicted octanol–water partition coefficient (Wildman–Crippen LogP) is 4.67. The highest BCUT2D eigenvalue weighted by atomic mass is 35.5. The van der Waals surface area contributed by atoms with Crippen LogP contribution in [0.2, 0.25) is 10.0 Å². The van der Waals surface area contributed by atoms with Gasteiger partial charge in [0.1, 0.15) is 12.6 Å². The largest absolute Gasteiger partial charge is 0.352 e. The molecule has 0 unspecified atom stereocenters. The summed E-state index contributed by atoms with van der Waals surface area (Å²) in [4.78, 5) is 28.4. The molecule has 1 saturated carbocycles. The number of nitrogens with one attached hydrogen (secondary N) is 1. The molecule has 2 amide bonds. The molecule has 0 saturated heterocycles. The average molecular weight is 555 g/mol. The van der Waals surface area contributed by atoms with Crippen LogP contribution in [-0.2, 0) is 26.0 Å². The fourth-order valence-corrected chi connectivity index (χ4v) is 5.91. The van der Waals surface area contributed by atoms with E-state index in [0.29, 0.717) is 12.8 Å². The zero-order valence-electron chi connectivity index (χ0n) is 20.6. The predicted molar refractivity (Wildman–Crippen MR) is 145 cm³/mol. The zero-order valence-corrected chi connectivity index (χ0v) is 23.0. The minimum absolute atomic E-state index is 0.110. The number of sulfonamides is 1. The van der Waals surface area contributed by atoms with E-state index in [9.17, 15) is 18.0 Å². The van der Waals surface area contributed by atoms with Crippen molar-refractivity contribution in [1.29, 1.82) is 0 Å². The smallest absolute Gasteiger partial charge is 0.244 e. The van der Waals surface area contributed by atoms with Crippen molar-refractivity contribution in [2.24, 2.45) is 0 Å². The van der Waals surface area contributed by atoms with Gasteiger partial charge in [-0.3, -0.25) is 13.9 Å². The van der Waals surface area contributed by atoms with Crippen LogP contribution in [0.4, 0.5) is 5.69 Å². The summed E-state index contributed by atoms with van der Waals surface area (Å²) in [5.74, 6) is -0.677. The van der Waals surface area contributed by atoms with Gasteiger partial charge in [0.2, 0.25) is 21.8 Å². The van der Waals surface area contributed by atoms with Crippen molar-refractivity contribution in [1.82, 2.24) is 10.2 Å². The van der Waals surface area contributed by atoms with Crippen LogP contribution in [-0.4, -0.2) is 56.6 Å². The lowest BCUT2D eigenvalue weighted by atomic mass is 10.1. The number of rotatable bonds is 11. The Bertz CT molecular complexity index is 1130. The van der Waals surface area contributed by atoms with E-state index in [1.807, 2.05) is 37.3 Å². The number of carbonyl (C=O) groups excluding carboxylic acids is 2. The third kappa shape index (κ3) is 7.85. The first kappa shape index (κ1) is 28.3. The van der Waals surface area contributed by atoms with Gasteiger partial charge in [-0.2, -0.15) is 0 Å². The van der Waals surface area contributed by atoms with Gasteiger partial charge in [-0.15, -0.1) is 0 Å². The second-order valence-corrected chi connectivity index (χ2v) is 11.9. The van der Waals surface area contributed by atoms with Crippen molar-refractivity contribution in [2.75, 3.05) is 23.7 Å². The normalized spacial score (nSPS) is 14.9. The summed E-state index contributed by atoms with van der Waals surface area (Å²) in [6.07, 6.45) is 5.96. The third-order valence-corrected chi connectivity index (χ3v) is 7.96. The molecular weight excluding hydrogens is 521 g/mol. The molecule has 1 aliphatic rings. The van der Waals surface area contributed by atoms with E-state index < -0.39 is 28.5 Å². The quantitative estimate of drug-likeness (QED) is 0.438. The number of anilines is 1. The molecule has 1 N–H and O–H groups in total. The Labute approximate surface area is 223 Å². The van der Waals surface area contributed by atoms with Gasteiger partial charge >= 0.3 is 0 Å². The van der Waals surface area contributed by atoms with Gasteiger partial charge in [0.25, 0.3) is 0 Å². The highest BCUT2D eigenvalue weighted by molar-refractivity contribution is 7.92. The first-order chi connectivity index (χ1) is 17.1. The molecule has 1 fully saturated rings. The van der Waals surface area contributed by atoms with Gasteiger partial charge in [0.05, 0.1) is 11.9 Å². The first-order valence-electron chi connectivity index (χ1n) is 12.2. The molecule has 10 heteroatoms. The molecule has 1 atom stereocenters. The summed E-state index contributed by atoms with van der Waals surface area (Å²) < 4.78 is 26.3. The summed E-state index contributed by atoms with van der Waals surface area (Å²) in [5.41, 5.74) is 1.21. The average Bonchev–Trinajstić information content (AvgIpc) is 3.32. The molecule has 0 bridgehead atoms. The van der Waals surface area contributed by atoms with Crippen molar-refractivity contribution >= 4 is 50.7 Å². The summed E-state index contributed by atoms with van der Waals surface area (Å²) in [6, 6.07) is 13.4. The fraction of sp³-hybridized carbons (Fsp3) is 0.462. The second-order valence-electron chi connectivity index (χ2n) is 9.13. The lowest BCUT2D eigenvalue weighted by molar-refractivity contribution is -0.139. The molecule has 0 aromatic heterocycles. The summed E-state index contributed by atoms with van der Waals surface area (Å²) in [7, 11) is -3.85. The lowest BCUT2D eigenvalue weighted by Crippen LogP contribution is -2.54. The number of hydrogen-bond acceptors (Lipinski definition) is 4. The minimum Gasteiger partial charge on any atom is -0.352 e. The van der Waals surface area contributed by atoms with Crippen molar-refractivity contribution in [2.45, 2.75) is 57.5 Å². The molecule has 7 nitrogen and oxygen atoms in total. The number of carbonyl (C=O) groups is 2. The van der Waals surface area contributed by atoms with E-state index in [1.54, 1.807) is 0 Å². The number of benzene rings is 2. The SMILES string of the molecule is CC[C@@H](C(=O)NC1CCCC1)N(CCc1ccccc1)C(=O)CN(c1cc(Cl)cc(Cl)c1)S(C)(=O)=O. The highest BCUT2D eigenvalue weighted by Gasteiger charge is 2.32. The Hall–Kier alpha value is -2.29. The zero-order chi connectivity index (χ0) is 26.3. The molecule has 0 aliphatic heterocycles. The standard InChI is InChI=1S/C26H33Cl2N3O4S/c1-3-24(26(33)29-22-11-7-8-12-22)30(14-13-19-9-5-4-6-10-19)25(32)18-31(36(2,34)35)23-16-20(27)15-21(28)17-23/h4-6,9-10,15-17,22,24H,3,7-8,11-14,18H2,1-2H3,(H,29,33)/t24-/m0/s1. The third-order valence-electron chi connectivity index (χ3n) is 6.39. The van der Waals surface area contributed by atoms with Crippen LogP contribution in [0.1, 0.15) is 44.6 Å². The Morgan fingerprint density at radius 3 is 2.22 bits per heavy atom. The topological polar surface area (TPSA) is 86.8 Å². The van der Waals surface area contributed by atoms with E-state index in [4.69, 9.17) is 23.2 Å². The molecule has 0 heterocycles. The Kier molecular flexibility index (Phi) is 10.0. The van der Waals surface area contributed by atoms with Gasteiger partial charge in [0, 0.05) is 22.6 Å². The van der Waals surface area contributed by atoms with Gasteiger partial charge in [0.15, 0.2) is 0 Å². The lowest BCUT2D eigenvalue weighted by Gasteiger charge is -2.33. The monoisotopic (exact) mass is 553 g/mol. The molecule has 0 radical (unpaired) electrons. The van der Waals surface area contributed by atoms with Gasteiger partial charge in [-0.05, 0) is 49.4 Å². The van der Waals surface area contributed by atoms with Crippen LogP contribution in [0.15, 0.2) is 48.5 Å². The van der Waals surface area contributed by atoms with Crippen LogP contribution in [0.25, 0.3) is 0 Å². The van der Waals surface area contributed by atoms with Gasteiger partial charge in [-0.1, -0.05) is 73.3 Å². The van der Waals surface area contributed by atoms with Crippen molar-refractivity contribution in [3.05, 3.63) is 64.1 Å². The van der Waals surface area contributed by atoms with Crippen LogP contribution >= 0.6 is 23.2 Å². The number of nitrogens with zero attached hydrogens (tertiary/aromatic N) is 2. The Balaban J connectivity index is 1.88. The number of halogens is 2. The molecular formula is C26H33Cl2N3O4S. The molecule has 196 valence electrons. The Morgan fingerprint density at radius 1 is 1.06 bits per heavy atom. The van der Waals surface area contributed by atoms with Crippen molar-refractivity contribution in [3.8, 4) is 0 Å². The fourth-order valence-electron chi connectivity index (χ4n) is 4.56. The van der Waals surface area contributed by atoms with E-state index in [2.05, 4.69) is 5.32 Å². The summed E-state index contributed by atoms with van der Waals surface area (Å²) in [6.45, 7) is 1.65. The van der Waals surface area contributed by atoms with Crippen LogP contribution in [0, 0.1) is 0 Å². The van der Waals surface area contributed by atoms with E-state index in [-0.39, 0.29) is 34.2 Å². The molecule has 2 aromatic carbocycles.